The van der Waals surface area contributed by atoms with E-state index in [1.165, 1.54) is 0 Å². The summed E-state index contributed by atoms with van der Waals surface area (Å²) in [5.41, 5.74) is -10.4. The summed E-state index contributed by atoms with van der Waals surface area (Å²) in [4.78, 5) is 0. The van der Waals surface area contributed by atoms with Crippen LogP contribution in [0.3, 0.4) is 0 Å². The summed E-state index contributed by atoms with van der Waals surface area (Å²) in [5, 5.41) is -6.32. The fraction of sp³-hybridized carbons (Fsp3) is 0. The molecule has 0 radical (unpaired) electrons. The molecule has 1 heterocycles. The van der Waals surface area contributed by atoms with E-state index >= 15 is 0 Å². The van der Waals surface area contributed by atoms with Gasteiger partial charge in [-0.15, -0.1) is 0 Å². The fourth-order valence-corrected chi connectivity index (χ4v) is 6.39. The zero-order valence-corrected chi connectivity index (χ0v) is 27.4. The van der Waals surface area contributed by atoms with Crippen LogP contribution in [0.25, 0.3) is 110 Å². The van der Waals surface area contributed by atoms with Crippen LogP contribution < -0.4 is 0 Å². The number of hydrogen-bond acceptors (Lipinski definition) is 1. The molecule has 0 bridgehead atoms. The molecule has 11 rings (SSSR count). The Kier molecular flexibility index (Phi) is 2.87. The Labute approximate surface area is 367 Å². The molecule has 10 aromatic carbocycles. The van der Waals surface area contributed by atoms with Gasteiger partial charge in [-0.25, -0.2) is 0 Å². The molecule has 0 unspecified atom stereocenters. The van der Waals surface area contributed by atoms with Gasteiger partial charge in [0.1, 0.15) is 11.2 Å². The van der Waals surface area contributed by atoms with Crippen molar-refractivity contribution in [3.05, 3.63) is 205 Å². The van der Waals surface area contributed by atoms with Gasteiger partial charge in [0.2, 0.25) is 0 Å². The molecule has 55 heavy (non-hydrogen) atoms. The molecule has 256 valence electrons. The second-order valence-corrected chi connectivity index (χ2v) is 11.8. The second-order valence-electron chi connectivity index (χ2n) is 11.8. The number of hydrogen-bond donors (Lipinski definition) is 0. The smallest absolute Gasteiger partial charge is 0.136 e. The topological polar surface area (TPSA) is 13.1 Å². The molecule has 0 N–H and O–H groups in total. The van der Waals surface area contributed by atoms with Gasteiger partial charge >= 0.3 is 0 Å². The van der Waals surface area contributed by atoms with Crippen LogP contribution in [0.15, 0.2) is 210 Å². The quantitative estimate of drug-likeness (QED) is 0.161. The molecule has 1 nitrogen and oxygen atoms in total. The van der Waals surface area contributed by atoms with Crippen LogP contribution in [0.5, 0.6) is 0 Å². The van der Waals surface area contributed by atoms with E-state index in [0.29, 0.717) is 0 Å². The Hall–Kier alpha value is -7.22. The average molecular weight is 733 g/mol. The number of rotatable bonds is 5. The lowest BCUT2D eigenvalue weighted by atomic mass is 9.84. The molecule has 0 atom stereocenters. The maximum Gasteiger partial charge on any atom is 0.136 e. The lowest BCUT2D eigenvalue weighted by molar-refractivity contribution is 0.669. The van der Waals surface area contributed by atoms with E-state index < -0.39 is 315 Å². The van der Waals surface area contributed by atoms with Gasteiger partial charge in [0, 0.05) is 10.8 Å². The summed E-state index contributed by atoms with van der Waals surface area (Å²) in [5.74, 6) is 0. The van der Waals surface area contributed by atoms with Gasteiger partial charge in [0.25, 0.3) is 0 Å². The van der Waals surface area contributed by atoms with Gasteiger partial charge in [-0.2, -0.15) is 0 Å². The molecule has 1 heteroatoms. The van der Waals surface area contributed by atoms with Crippen LogP contribution in [0.1, 0.15) is 46.6 Å². The fourth-order valence-electron chi connectivity index (χ4n) is 6.39. The third kappa shape index (κ3) is 5.16. The predicted molar refractivity (Wildman–Crippen MR) is 233 cm³/mol. The molecule has 0 aliphatic rings. The average Bonchev–Trinajstić information content (AvgIpc) is 1.45. The Balaban J connectivity index is 1.43. The van der Waals surface area contributed by atoms with Crippen molar-refractivity contribution in [2.45, 2.75) is 0 Å². The molecule has 1 aromatic heterocycles. The van der Waals surface area contributed by atoms with Crippen LogP contribution in [0.2, 0.25) is 0 Å². The second kappa shape index (κ2) is 12.7. The molecule has 11 aromatic rings. The summed E-state index contributed by atoms with van der Waals surface area (Å²) in [6, 6.07) is -35.5. The Bertz CT molecular complexity index is 5140. The van der Waals surface area contributed by atoms with Crippen LogP contribution >= 0.6 is 0 Å². The van der Waals surface area contributed by atoms with E-state index in [1.54, 1.807) is 0 Å². The van der Waals surface area contributed by atoms with Crippen molar-refractivity contribution < 1.29 is 51.0 Å². The molecule has 0 amide bonds. The highest BCUT2D eigenvalue weighted by molar-refractivity contribution is 6.22. The Morgan fingerprint density at radius 2 is 0.782 bits per heavy atom. The van der Waals surface area contributed by atoms with Crippen molar-refractivity contribution in [1.82, 2.24) is 0 Å². The molecule has 0 fully saturated rings. The number of benzene rings is 10. The highest BCUT2D eigenvalue weighted by atomic mass is 16.3. The zero-order chi connectivity index (χ0) is 65.9. The molecular weight excluding hydrogens is 665 g/mol. The standard InChI is InChI=1S/C54H34O/c1-2-12-35(13-3-1)36-24-28-40(29-25-36)53-46-18-7-6-17-45(46)52(47-33-32-41(34-49(47)53)43-20-10-15-37-14-4-5-16-42(37)43)39-30-26-38(27-31-39)44-21-11-23-51-54(44)48-19-8-9-22-50(48)55-51/h1-34H/i1D,2D,3D,4D,5D,6D,7D,8D,9D,10D,11D,12D,13D,14D,15D,16D,17D,18D,19D,20D,21D,22D,23D,24D,25D,26D,27D,28D,29D,30D,31D,32D,33D,34D. The summed E-state index contributed by atoms with van der Waals surface area (Å²) >= 11 is 0. The van der Waals surface area contributed by atoms with Gasteiger partial charge in [-0.1, -0.05) is 187 Å². The number of furan rings is 1. The largest absolute Gasteiger partial charge is 0.456 e. The summed E-state index contributed by atoms with van der Waals surface area (Å²) < 4.78 is 316. The van der Waals surface area contributed by atoms with Crippen LogP contribution in [0.4, 0.5) is 0 Å². The van der Waals surface area contributed by atoms with Gasteiger partial charge < -0.3 is 4.42 Å². The maximum absolute atomic E-state index is 10.3. The number of para-hydroxylation sites is 1. The summed E-state index contributed by atoms with van der Waals surface area (Å²) in [6.45, 7) is 0. The lowest BCUT2D eigenvalue weighted by Crippen LogP contribution is -1.92. The van der Waals surface area contributed by atoms with Crippen molar-refractivity contribution in [2.75, 3.05) is 0 Å². The van der Waals surface area contributed by atoms with Crippen LogP contribution in [0, 0.1) is 0 Å². The van der Waals surface area contributed by atoms with Crippen LogP contribution in [-0.2, 0) is 0 Å². The molecular formula is C54H34O. The molecule has 0 aliphatic carbocycles. The molecule has 0 aliphatic heterocycles. The molecule has 0 spiro atoms. The molecule has 0 saturated heterocycles. The first-order valence-corrected chi connectivity index (χ1v) is 16.2. The van der Waals surface area contributed by atoms with Gasteiger partial charge in [-0.05, 0) is 106 Å². The lowest BCUT2D eigenvalue weighted by Gasteiger charge is -2.19. The molecule has 0 saturated carbocycles. The minimum absolute atomic E-state index is 0.502. The summed E-state index contributed by atoms with van der Waals surface area (Å²) in [7, 11) is 0. The highest BCUT2D eigenvalue weighted by Gasteiger charge is 2.19. The first kappa shape index (κ1) is 12.4. The van der Waals surface area contributed by atoms with Crippen molar-refractivity contribution >= 4 is 54.3 Å². The highest BCUT2D eigenvalue weighted by Crippen LogP contribution is 2.46. The van der Waals surface area contributed by atoms with Crippen molar-refractivity contribution in [2.24, 2.45) is 0 Å². The van der Waals surface area contributed by atoms with Gasteiger partial charge in [-0.3, -0.25) is 0 Å². The summed E-state index contributed by atoms with van der Waals surface area (Å²) in [6.07, 6.45) is 0. The van der Waals surface area contributed by atoms with Gasteiger partial charge in [0.15, 0.2) is 0 Å². The minimum Gasteiger partial charge on any atom is -0.456 e. The van der Waals surface area contributed by atoms with E-state index in [-0.39, 0.29) is 0 Å². The van der Waals surface area contributed by atoms with Crippen molar-refractivity contribution in [3.8, 4) is 55.6 Å². The number of fused-ring (bicyclic) bond motifs is 6. The van der Waals surface area contributed by atoms with Gasteiger partial charge in [0.05, 0.1) is 46.6 Å². The normalized spacial score (nSPS) is 20.3. The monoisotopic (exact) mass is 732 g/mol. The van der Waals surface area contributed by atoms with E-state index in [1.807, 2.05) is 0 Å². The predicted octanol–water partition coefficient (Wildman–Crippen LogP) is 15.4. The zero-order valence-electron chi connectivity index (χ0n) is 61.4. The van der Waals surface area contributed by atoms with Crippen LogP contribution in [-0.4, -0.2) is 0 Å². The SMILES string of the molecule is [2H]c1c([2H])c([2H])c(-c2c([2H])c([2H])c(-c3c4c([2H])c([2H])c([2H])c([2H])c4c(-c4c([2H])c([2H])c(-c5c([2H])c([2H])c([2H])c6oc7c([2H])c([2H])c([2H])c([2H])c7c56)c([2H])c4[2H])c4c([2H])c([2H])c(-c5c([2H])c([2H])c([2H])c6c([2H])c([2H])c([2H])c([2H])c56)c([2H])c34)c([2H])c2[2H])c([2H])c1[2H]. The third-order valence-electron chi connectivity index (χ3n) is 8.76. The van der Waals surface area contributed by atoms with E-state index in [4.69, 9.17) is 30.5 Å². The van der Waals surface area contributed by atoms with Crippen molar-refractivity contribution in [1.29, 1.82) is 0 Å². The Morgan fingerprint density at radius 3 is 1.55 bits per heavy atom. The van der Waals surface area contributed by atoms with E-state index in [2.05, 4.69) is 0 Å². The minimum atomic E-state index is -1.24. The Morgan fingerprint density at radius 1 is 0.291 bits per heavy atom. The third-order valence-corrected chi connectivity index (χ3v) is 8.76. The van der Waals surface area contributed by atoms with E-state index in [0.717, 1.165) is 0 Å². The maximum atomic E-state index is 10.3. The van der Waals surface area contributed by atoms with E-state index in [9.17, 15) is 20.6 Å². The van der Waals surface area contributed by atoms with Crippen molar-refractivity contribution in [3.63, 3.8) is 0 Å². The first-order chi connectivity index (χ1) is 41.4. The first-order valence-electron chi connectivity index (χ1n) is 33.2.